The zero-order valence-electron chi connectivity index (χ0n) is 32.3. The predicted octanol–water partition coefficient (Wildman–Crippen LogP) is 12.5. The van der Waals surface area contributed by atoms with Crippen molar-refractivity contribution < 1.29 is 0 Å². The van der Waals surface area contributed by atoms with Crippen LogP contribution in [0.5, 0.6) is 0 Å². The average molecular weight is 747 g/mol. The highest BCUT2D eigenvalue weighted by atomic mass is 15.1. The van der Waals surface area contributed by atoms with Crippen LogP contribution >= 0.6 is 0 Å². The molecule has 1 aliphatic rings. The third-order valence-corrected chi connectivity index (χ3v) is 11.3. The van der Waals surface area contributed by atoms with E-state index in [0.717, 1.165) is 44.5 Å². The molecule has 6 heteroatoms. The highest BCUT2D eigenvalue weighted by Gasteiger charge is 2.38. The third-order valence-electron chi connectivity index (χ3n) is 11.3. The van der Waals surface area contributed by atoms with E-state index in [1.165, 1.54) is 33.0 Å². The van der Waals surface area contributed by atoms with Crippen molar-refractivity contribution in [1.29, 1.82) is 0 Å². The zero-order valence-corrected chi connectivity index (χ0v) is 32.3. The molecule has 6 nitrogen and oxygen atoms in total. The quantitative estimate of drug-likeness (QED) is 0.145. The second-order valence-electron chi connectivity index (χ2n) is 15.0. The summed E-state index contributed by atoms with van der Waals surface area (Å²) in [6, 6.07) is 48.6. The van der Waals surface area contributed by atoms with Gasteiger partial charge in [0.2, 0.25) is 0 Å². The van der Waals surface area contributed by atoms with Gasteiger partial charge in [0.1, 0.15) is 11.4 Å². The van der Waals surface area contributed by atoms with E-state index >= 15 is 0 Å². The van der Waals surface area contributed by atoms with Crippen LogP contribution in [-0.4, -0.2) is 29.5 Å². The molecule has 0 unspecified atom stereocenters. The summed E-state index contributed by atoms with van der Waals surface area (Å²) in [5.41, 5.74) is 14.3. The van der Waals surface area contributed by atoms with Crippen LogP contribution in [0.1, 0.15) is 30.5 Å². The van der Waals surface area contributed by atoms with Gasteiger partial charge in [0.15, 0.2) is 17.5 Å². The van der Waals surface area contributed by atoms with E-state index in [0.29, 0.717) is 28.9 Å². The number of pyridine rings is 2. The van der Waals surface area contributed by atoms with Gasteiger partial charge >= 0.3 is 0 Å². The molecule has 4 aromatic heterocycles. The summed E-state index contributed by atoms with van der Waals surface area (Å²) in [5.74, 6) is 1.43. The lowest BCUT2D eigenvalue weighted by atomic mass is 9.80. The molecule has 0 atom stereocenters. The Morgan fingerprint density at radius 3 is 1.93 bits per heavy atom. The smallest absolute Gasteiger partial charge is 0.182 e. The predicted molar refractivity (Wildman–Crippen MR) is 237 cm³/mol. The van der Waals surface area contributed by atoms with E-state index in [4.69, 9.17) is 15.0 Å². The Bertz CT molecular complexity index is 3050. The first kappa shape index (κ1) is 34.9. The summed E-state index contributed by atoms with van der Waals surface area (Å²) >= 11 is 0. The lowest BCUT2D eigenvalue weighted by molar-refractivity contribution is 0.666. The molecule has 1 aliphatic carbocycles. The number of hydrogen-bond acceptors (Lipinski definition) is 5. The van der Waals surface area contributed by atoms with Crippen LogP contribution in [0.3, 0.4) is 0 Å². The first-order valence-electron chi connectivity index (χ1n) is 19.4. The Morgan fingerprint density at radius 2 is 1.24 bits per heavy atom. The van der Waals surface area contributed by atoms with Gasteiger partial charge in [-0.05, 0) is 81.9 Å². The van der Waals surface area contributed by atoms with Crippen LogP contribution in [0.15, 0.2) is 183 Å². The molecule has 4 heterocycles. The average Bonchev–Trinajstić information content (AvgIpc) is 3.73. The molecule has 9 aromatic rings. The molecule has 58 heavy (non-hydrogen) atoms. The number of rotatable bonds is 8. The normalized spacial score (nSPS) is 13.0. The Balaban J connectivity index is 1.33. The molecule has 0 amide bonds. The van der Waals surface area contributed by atoms with E-state index < -0.39 is 0 Å². The Morgan fingerprint density at radius 1 is 0.586 bits per heavy atom. The van der Waals surface area contributed by atoms with Crippen molar-refractivity contribution in [3.05, 3.63) is 200 Å². The van der Waals surface area contributed by atoms with Crippen molar-refractivity contribution in [2.75, 3.05) is 0 Å². The maximum atomic E-state index is 5.09. The van der Waals surface area contributed by atoms with Gasteiger partial charge < -0.3 is 4.57 Å². The monoisotopic (exact) mass is 746 g/mol. The highest BCUT2D eigenvalue weighted by molar-refractivity contribution is 6.15. The number of benzene rings is 5. The van der Waals surface area contributed by atoms with Crippen molar-refractivity contribution in [3.8, 4) is 62.4 Å². The molecule has 0 aliphatic heterocycles. The Labute approximate surface area is 337 Å². The van der Waals surface area contributed by atoms with Gasteiger partial charge in [0, 0.05) is 45.3 Å². The molecule has 10 rings (SSSR count). The standard InChI is InChI=1S/C52H38N6/c1-5-18-33(6-2)39-31-35(49-55-50(42-24-14-16-29-53-42)57-51(56-49)43-25-15-17-30-54-43)32-40(34-19-8-7-9-20-34)48(39)58-44-26-13-11-22-38(44)46-45(58)28-27-37-36-21-10-12-23-41(36)52(3,4)47(37)46/h5-32H,1-2H2,3-4H3/b33-18+. The van der Waals surface area contributed by atoms with E-state index in [1.54, 1.807) is 12.4 Å². The Hall–Kier alpha value is -7.57. The lowest BCUT2D eigenvalue weighted by Gasteiger charge is -2.23. The van der Waals surface area contributed by atoms with Crippen LogP contribution in [0.4, 0.5) is 0 Å². The molecule has 0 saturated heterocycles. The van der Waals surface area contributed by atoms with E-state index in [9.17, 15) is 0 Å². The van der Waals surface area contributed by atoms with Crippen molar-refractivity contribution in [3.63, 3.8) is 0 Å². The van der Waals surface area contributed by atoms with Crippen molar-refractivity contribution in [2.24, 2.45) is 0 Å². The summed E-state index contributed by atoms with van der Waals surface area (Å²) in [5, 5.41) is 2.46. The Kier molecular flexibility index (Phi) is 8.34. The molecule has 276 valence electrons. The SMILES string of the molecule is C=C/C=C(\C=C)c1cc(-c2nc(-c3ccccn3)nc(-c3ccccn3)n2)cc(-c2ccccc2)c1-n1c2ccccc2c2c3c(ccc21)-c1ccccc1C3(C)C. The molecular weight excluding hydrogens is 709 g/mol. The van der Waals surface area contributed by atoms with Crippen LogP contribution in [0, 0.1) is 0 Å². The minimum absolute atomic E-state index is 0.209. The second kappa shape index (κ2) is 13.9. The van der Waals surface area contributed by atoms with Crippen LogP contribution < -0.4 is 0 Å². The minimum atomic E-state index is -0.209. The number of fused-ring (bicyclic) bond motifs is 7. The molecule has 0 spiro atoms. The number of allylic oxidation sites excluding steroid dienone is 4. The number of hydrogen-bond donors (Lipinski definition) is 0. The summed E-state index contributed by atoms with van der Waals surface area (Å²) in [7, 11) is 0. The van der Waals surface area contributed by atoms with E-state index in [2.05, 4.69) is 145 Å². The number of nitrogens with zero attached hydrogens (tertiary/aromatic N) is 6. The van der Waals surface area contributed by atoms with Gasteiger partial charge in [-0.15, -0.1) is 0 Å². The fourth-order valence-corrected chi connectivity index (χ4v) is 8.75. The van der Waals surface area contributed by atoms with Crippen LogP contribution in [0.25, 0.3) is 89.7 Å². The fraction of sp³-hybridized carbons (Fsp3) is 0.0577. The molecule has 0 radical (unpaired) electrons. The van der Waals surface area contributed by atoms with E-state index in [1.807, 2.05) is 54.6 Å². The van der Waals surface area contributed by atoms with E-state index in [-0.39, 0.29) is 5.41 Å². The molecule has 0 bridgehead atoms. The molecule has 0 fully saturated rings. The van der Waals surface area contributed by atoms with Gasteiger partial charge in [-0.25, -0.2) is 15.0 Å². The second-order valence-corrected chi connectivity index (χ2v) is 15.0. The van der Waals surface area contributed by atoms with Crippen LogP contribution in [-0.2, 0) is 5.41 Å². The van der Waals surface area contributed by atoms with Crippen molar-refractivity contribution >= 4 is 27.4 Å². The summed E-state index contributed by atoms with van der Waals surface area (Å²) in [4.78, 5) is 24.3. The molecule has 0 saturated carbocycles. The van der Waals surface area contributed by atoms with Gasteiger partial charge in [-0.3, -0.25) is 9.97 Å². The first-order valence-corrected chi connectivity index (χ1v) is 19.4. The van der Waals surface area contributed by atoms with Crippen LogP contribution in [0.2, 0.25) is 0 Å². The van der Waals surface area contributed by atoms with Gasteiger partial charge in [0.25, 0.3) is 0 Å². The molecule has 0 N–H and O–H groups in total. The minimum Gasteiger partial charge on any atom is -0.308 e. The zero-order chi connectivity index (χ0) is 39.4. The lowest BCUT2D eigenvalue weighted by Crippen LogP contribution is -2.15. The van der Waals surface area contributed by atoms with Gasteiger partial charge in [-0.1, -0.05) is 136 Å². The van der Waals surface area contributed by atoms with Crippen molar-refractivity contribution in [2.45, 2.75) is 19.3 Å². The maximum absolute atomic E-state index is 5.09. The largest absolute Gasteiger partial charge is 0.308 e. The highest BCUT2D eigenvalue weighted by Crippen LogP contribution is 2.54. The summed E-state index contributed by atoms with van der Waals surface area (Å²) in [6.45, 7) is 13.1. The third kappa shape index (κ3) is 5.52. The molecule has 5 aromatic carbocycles. The topological polar surface area (TPSA) is 69.4 Å². The fourth-order valence-electron chi connectivity index (χ4n) is 8.75. The number of aromatic nitrogens is 6. The van der Waals surface area contributed by atoms with Gasteiger partial charge in [0.05, 0.1) is 16.7 Å². The summed E-state index contributed by atoms with van der Waals surface area (Å²) < 4.78 is 2.44. The number of para-hydroxylation sites is 1. The first-order chi connectivity index (χ1) is 28.5. The summed E-state index contributed by atoms with van der Waals surface area (Å²) in [6.07, 6.45) is 9.22. The maximum Gasteiger partial charge on any atom is 0.182 e. The van der Waals surface area contributed by atoms with Crippen molar-refractivity contribution in [1.82, 2.24) is 29.5 Å². The molecular formula is C52H38N6. The van der Waals surface area contributed by atoms with Gasteiger partial charge in [-0.2, -0.15) is 0 Å².